The Morgan fingerprint density at radius 1 is 1.07 bits per heavy atom. The number of amides is 1. The summed E-state index contributed by atoms with van der Waals surface area (Å²) in [6.45, 7) is 2.13. The molecule has 1 atom stereocenters. The normalized spacial score (nSPS) is 15.9. The van der Waals surface area contributed by atoms with Crippen LogP contribution >= 0.6 is 0 Å². The highest BCUT2D eigenvalue weighted by molar-refractivity contribution is 7.91. The van der Waals surface area contributed by atoms with Gasteiger partial charge in [-0.15, -0.1) is 0 Å². The summed E-state index contributed by atoms with van der Waals surface area (Å²) in [5.41, 5.74) is 2.37. The van der Waals surface area contributed by atoms with Crippen LogP contribution in [0.25, 0.3) is 11.3 Å². The van der Waals surface area contributed by atoms with Gasteiger partial charge in [0.25, 0.3) is 5.91 Å². The molecule has 0 fully saturated rings. The number of hydrogen-bond donors (Lipinski definition) is 1. The van der Waals surface area contributed by atoms with E-state index in [2.05, 4.69) is 10.3 Å². The van der Waals surface area contributed by atoms with Crippen molar-refractivity contribution < 1.29 is 13.2 Å². The van der Waals surface area contributed by atoms with Gasteiger partial charge in [0.2, 0.25) is 15.0 Å². The van der Waals surface area contributed by atoms with Gasteiger partial charge in [0, 0.05) is 12.1 Å². The number of rotatable bonds is 4. The summed E-state index contributed by atoms with van der Waals surface area (Å²) in [5.74, 6) is -0.361. The van der Waals surface area contributed by atoms with Crippen LogP contribution in [0.1, 0.15) is 29.0 Å². The first-order chi connectivity index (χ1) is 13.0. The topological polar surface area (TPSA) is 81.1 Å². The predicted octanol–water partition coefficient (Wildman–Crippen LogP) is 2.83. The van der Waals surface area contributed by atoms with Crippen molar-refractivity contribution in [1.29, 1.82) is 0 Å². The van der Waals surface area contributed by atoms with Crippen LogP contribution in [0.4, 0.5) is 0 Å². The van der Waals surface area contributed by atoms with Crippen molar-refractivity contribution in [1.82, 2.24) is 14.9 Å². The minimum absolute atomic E-state index is 0.0288. The molecule has 1 aliphatic rings. The Kier molecular flexibility index (Phi) is 4.31. The number of carbonyl (C=O) groups is 1. The van der Waals surface area contributed by atoms with E-state index in [1.807, 2.05) is 67.6 Å². The highest BCUT2D eigenvalue weighted by Gasteiger charge is 2.35. The third-order valence-corrected chi connectivity index (χ3v) is 6.29. The standard InChI is InChI=1S/C20H19N3O3S/c1-14(15-8-4-2-5-9-15)21-19(24)18-17(16-10-6-3-7-11-16)22-20-23(18)12-13-27(20,25)26/h2-11,14H,12-13H2,1H3,(H,21,24)/t14-/m0/s1. The van der Waals surface area contributed by atoms with Gasteiger partial charge in [-0.1, -0.05) is 60.7 Å². The Morgan fingerprint density at radius 2 is 1.70 bits per heavy atom. The molecule has 1 aliphatic heterocycles. The fourth-order valence-electron chi connectivity index (χ4n) is 3.30. The quantitative estimate of drug-likeness (QED) is 0.753. The molecule has 7 heteroatoms. The second kappa shape index (κ2) is 6.66. The van der Waals surface area contributed by atoms with E-state index in [4.69, 9.17) is 0 Å². The van der Waals surface area contributed by atoms with Crippen molar-refractivity contribution >= 4 is 15.7 Å². The van der Waals surface area contributed by atoms with Crippen molar-refractivity contribution in [2.75, 3.05) is 5.75 Å². The molecule has 27 heavy (non-hydrogen) atoms. The minimum Gasteiger partial charge on any atom is -0.344 e. The summed E-state index contributed by atoms with van der Waals surface area (Å²) in [6, 6.07) is 18.6. The summed E-state index contributed by atoms with van der Waals surface area (Å²) in [6.07, 6.45) is 0. The van der Waals surface area contributed by atoms with Crippen molar-refractivity contribution in [2.24, 2.45) is 0 Å². The predicted molar refractivity (Wildman–Crippen MR) is 102 cm³/mol. The fraction of sp³-hybridized carbons (Fsp3) is 0.200. The number of hydrogen-bond acceptors (Lipinski definition) is 4. The van der Waals surface area contributed by atoms with E-state index < -0.39 is 9.84 Å². The molecule has 2 aromatic carbocycles. The van der Waals surface area contributed by atoms with Gasteiger partial charge in [-0.2, -0.15) is 0 Å². The first-order valence-corrected chi connectivity index (χ1v) is 10.4. The van der Waals surface area contributed by atoms with Gasteiger partial charge >= 0.3 is 0 Å². The lowest BCUT2D eigenvalue weighted by atomic mass is 10.1. The van der Waals surface area contributed by atoms with E-state index in [9.17, 15) is 13.2 Å². The molecule has 1 aromatic heterocycles. The maximum atomic E-state index is 13.1. The Balaban J connectivity index is 1.76. The third-order valence-electron chi connectivity index (χ3n) is 4.70. The number of aromatic nitrogens is 2. The van der Waals surface area contributed by atoms with Gasteiger partial charge in [-0.25, -0.2) is 13.4 Å². The third kappa shape index (κ3) is 3.14. The van der Waals surface area contributed by atoms with Crippen molar-refractivity contribution in [3.05, 3.63) is 71.9 Å². The first-order valence-electron chi connectivity index (χ1n) is 8.72. The Hall–Kier alpha value is -2.93. The van der Waals surface area contributed by atoms with Gasteiger partial charge in [0.15, 0.2) is 0 Å². The van der Waals surface area contributed by atoms with E-state index in [-0.39, 0.29) is 29.4 Å². The van der Waals surface area contributed by atoms with Crippen LogP contribution < -0.4 is 5.32 Å². The SMILES string of the molecule is C[C@H](NC(=O)c1c(-c2ccccc2)nc2n1CCS2(=O)=O)c1ccccc1. The minimum atomic E-state index is -3.46. The molecule has 2 heterocycles. The zero-order valence-electron chi connectivity index (χ0n) is 14.8. The summed E-state index contributed by atoms with van der Waals surface area (Å²) in [7, 11) is -3.46. The Labute approximate surface area is 157 Å². The van der Waals surface area contributed by atoms with E-state index >= 15 is 0 Å². The van der Waals surface area contributed by atoms with Crippen LogP contribution in [0.5, 0.6) is 0 Å². The molecule has 0 bridgehead atoms. The Bertz CT molecular complexity index is 1090. The Morgan fingerprint density at radius 3 is 2.37 bits per heavy atom. The van der Waals surface area contributed by atoms with Crippen molar-refractivity contribution in [3.8, 4) is 11.3 Å². The summed E-state index contributed by atoms with van der Waals surface area (Å²) >= 11 is 0. The lowest BCUT2D eigenvalue weighted by Crippen LogP contribution is -2.29. The van der Waals surface area contributed by atoms with Crippen molar-refractivity contribution in [3.63, 3.8) is 0 Å². The molecule has 1 amide bonds. The molecule has 3 aromatic rings. The van der Waals surface area contributed by atoms with Crippen LogP contribution in [0.15, 0.2) is 65.8 Å². The highest BCUT2D eigenvalue weighted by atomic mass is 32.2. The summed E-state index contributed by atoms with van der Waals surface area (Å²) < 4.78 is 26.1. The van der Waals surface area contributed by atoms with E-state index in [0.29, 0.717) is 17.0 Å². The lowest BCUT2D eigenvalue weighted by molar-refractivity contribution is 0.0931. The maximum Gasteiger partial charge on any atom is 0.270 e. The molecule has 0 unspecified atom stereocenters. The molecular formula is C20H19N3O3S. The van der Waals surface area contributed by atoms with E-state index in [1.54, 1.807) is 0 Å². The molecule has 6 nitrogen and oxygen atoms in total. The van der Waals surface area contributed by atoms with Gasteiger partial charge < -0.3 is 9.88 Å². The molecule has 0 saturated carbocycles. The lowest BCUT2D eigenvalue weighted by Gasteiger charge is -2.15. The van der Waals surface area contributed by atoms with E-state index in [0.717, 1.165) is 5.56 Å². The van der Waals surface area contributed by atoms with Crippen LogP contribution in [0, 0.1) is 0 Å². The second-order valence-corrected chi connectivity index (χ2v) is 8.54. The molecule has 0 aliphatic carbocycles. The summed E-state index contributed by atoms with van der Waals surface area (Å²) in [5, 5.41) is 2.94. The van der Waals surface area contributed by atoms with E-state index in [1.165, 1.54) is 4.57 Å². The number of carbonyl (C=O) groups excluding carboxylic acids is 1. The average Bonchev–Trinajstić information content (AvgIpc) is 3.21. The molecular weight excluding hydrogens is 362 g/mol. The smallest absolute Gasteiger partial charge is 0.270 e. The van der Waals surface area contributed by atoms with Crippen LogP contribution in [-0.2, 0) is 16.4 Å². The molecule has 0 radical (unpaired) electrons. The van der Waals surface area contributed by atoms with Gasteiger partial charge in [0.1, 0.15) is 11.4 Å². The average molecular weight is 381 g/mol. The zero-order chi connectivity index (χ0) is 19.0. The highest BCUT2D eigenvalue weighted by Crippen LogP contribution is 2.30. The molecule has 0 saturated heterocycles. The number of fused-ring (bicyclic) bond motifs is 1. The molecule has 138 valence electrons. The van der Waals surface area contributed by atoms with Gasteiger partial charge in [0.05, 0.1) is 11.8 Å². The van der Waals surface area contributed by atoms with Gasteiger partial charge in [-0.3, -0.25) is 4.79 Å². The molecule has 1 N–H and O–H groups in total. The van der Waals surface area contributed by atoms with Crippen LogP contribution in [0.3, 0.4) is 0 Å². The second-order valence-electron chi connectivity index (χ2n) is 6.53. The van der Waals surface area contributed by atoms with Crippen LogP contribution in [-0.4, -0.2) is 29.6 Å². The van der Waals surface area contributed by atoms with Gasteiger partial charge in [-0.05, 0) is 12.5 Å². The number of benzene rings is 2. The molecule has 4 rings (SSSR count). The van der Waals surface area contributed by atoms with Crippen LogP contribution in [0.2, 0.25) is 0 Å². The zero-order valence-corrected chi connectivity index (χ0v) is 15.6. The number of sulfone groups is 1. The number of imidazole rings is 1. The van der Waals surface area contributed by atoms with Crippen molar-refractivity contribution in [2.45, 2.75) is 24.7 Å². The fourth-order valence-corrected chi connectivity index (χ4v) is 4.65. The summed E-state index contributed by atoms with van der Waals surface area (Å²) in [4.78, 5) is 17.4. The molecule has 0 spiro atoms. The number of nitrogens with one attached hydrogen (secondary N) is 1. The first kappa shape index (κ1) is 17.5. The monoisotopic (exact) mass is 381 g/mol. The largest absolute Gasteiger partial charge is 0.344 e. The number of nitrogens with zero attached hydrogens (tertiary/aromatic N) is 2. The maximum absolute atomic E-state index is 13.1.